The summed E-state index contributed by atoms with van der Waals surface area (Å²) in [6.07, 6.45) is 0.748. The number of aromatic nitrogens is 1. The first kappa shape index (κ1) is 12.0. The van der Waals surface area contributed by atoms with Gasteiger partial charge in [0.15, 0.2) is 0 Å². The van der Waals surface area contributed by atoms with E-state index in [9.17, 15) is 4.79 Å². The van der Waals surface area contributed by atoms with Crippen LogP contribution in [0, 0.1) is 5.92 Å². The van der Waals surface area contributed by atoms with Crippen LogP contribution >= 0.6 is 11.3 Å². The SMILES string of the molecule is CC(C)C(=O)OCCc1cccc2ncsc12. The van der Waals surface area contributed by atoms with Gasteiger partial charge < -0.3 is 4.74 Å². The van der Waals surface area contributed by atoms with Crippen LogP contribution in [-0.2, 0) is 16.0 Å². The highest BCUT2D eigenvalue weighted by atomic mass is 32.1. The molecule has 0 N–H and O–H groups in total. The van der Waals surface area contributed by atoms with Gasteiger partial charge in [-0.25, -0.2) is 4.98 Å². The molecule has 1 aromatic carbocycles. The molecule has 0 unspecified atom stereocenters. The average Bonchev–Trinajstić information content (AvgIpc) is 2.77. The minimum Gasteiger partial charge on any atom is -0.465 e. The largest absolute Gasteiger partial charge is 0.465 e. The van der Waals surface area contributed by atoms with Gasteiger partial charge in [0.05, 0.1) is 28.3 Å². The lowest BCUT2D eigenvalue weighted by molar-refractivity contribution is -0.147. The van der Waals surface area contributed by atoms with Crippen LogP contribution in [0.25, 0.3) is 10.2 Å². The van der Waals surface area contributed by atoms with Crippen molar-refractivity contribution in [2.24, 2.45) is 5.92 Å². The molecule has 90 valence electrons. The minimum atomic E-state index is -0.138. The van der Waals surface area contributed by atoms with Crippen LogP contribution in [0.15, 0.2) is 23.7 Å². The van der Waals surface area contributed by atoms with Crippen LogP contribution in [0.1, 0.15) is 19.4 Å². The van der Waals surface area contributed by atoms with Gasteiger partial charge in [-0.15, -0.1) is 11.3 Å². The Morgan fingerprint density at radius 1 is 1.47 bits per heavy atom. The highest BCUT2D eigenvalue weighted by Crippen LogP contribution is 2.22. The van der Waals surface area contributed by atoms with Crippen molar-refractivity contribution in [3.63, 3.8) is 0 Å². The van der Waals surface area contributed by atoms with Crippen molar-refractivity contribution in [3.8, 4) is 0 Å². The summed E-state index contributed by atoms with van der Waals surface area (Å²) in [6, 6.07) is 6.04. The topological polar surface area (TPSA) is 39.2 Å². The Morgan fingerprint density at radius 2 is 2.29 bits per heavy atom. The fraction of sp³-hybridized carbons (Fsp3) is 0.385. The van der Waals surface area contributed by atoms with E-state index in [1.807, 2.05) is 31.5 Å². The highest BCUT2D eigenvalue weighted by Gasteiger charge is 2.09. The highest BCUT2D eigenvalue weighted by molar-refractivity contribution is 7.16. The maximum Gasteiger partial charge on any atom is 0.308 e. The molecule has 17 heavy (non-hydrogen) atoms. The number of nitrogens with zero attached hydrogens (tertiary/aromatic N) is 1. The molecular weight excluding hydrogens is 234 g/mol. The Labute approximate surface area is 104 Å². The molecule has 0 saturated heterocycles. The van der Waals surface area contributed by atoms with Crippen LogP contribution in [0.5, 0.6) is 0 Å². The Hall–Kier alpha value is -1.42. The van der Waals surface area contributed by atoms with E-state index in [4.69, 9.17) is 4.74 Å². The number of carbonyl (C=O) groups excluding carboxylic acids is 1. The molecule has 0 atom stereocenters. The lowest BCUT2D eigenvalue weighted by Crippen LogP contribution is -2.13. The lowest BCUT2D eigenvalue weighted by Gasteiger charge is -2.07. The molecule has 0 aliphatic heterocycles. The molecule has 0 radical (unpaired) electrons. The minimum absolute atomic E-state index is 0.0609. The molecule has 0 aliphatic carbocycles. The summed E-state index contributed by atoms with van der Waals surface area (Å²) in [5.41, 5.74) is 4.05. The van der Waals surface area contributed by atoms with E-state index in [-0.39, 0.29) is 11.9 Å². The zero-order valence-corrected chi connectivity index (χ0v) is 10.8. The van der Waals surface area contributed by atoms with Gasteiger partial charge in [0.25, 0.3) is 0 Å². The fourth-order valence-electron chi connectivity index (χ4n) is 1.57. The van der Waals surface area contributed by atoms with Crippen molar-refractivity contribution in [2.45, 2.75) is 20.3 Å². The predicted octanol–water partition coefficient (Wildman–Crippen LogP) is 3.04. The second-order valence-corrected chi connectivity index (χ2v) is 5.04. The lowest BCUT2D eigenvalue weighted by atomic mass is 10.1. The second kappa shape index (κ2) is 5.27. The third kappa shape index (κ3) is 2.82. The van der Waals surface area contributed by atoms with Crippen LogP contribution in [0.4, 0.5) is 0 Å². The van der Waals surface area contributed by atoms with Crippen LogP contribution in [0.3, 0.4) is 0 Å². The molecular formula is C13H15NO2S. The predicted molar refractivity (Wildman–Crippen MR) is 69.1 cm³/mol. The first-order chi connectivity index (χ1) is 8.18. The summed E-state index contributed by atoms with van der Waals surface area (Å²) in [5, 5.41) is 0. The molecule has 1 aromatic heterocycles. The maximum atomic E-state index is 11.3. The third-order valence-corrected chi connectivity index (χ3v) is 3.44. The average molecular weight is 249 g/mol. The molecule has 2 rings (SSSR count). The summed E-state index contributed by atoms with van der Waals surface area (Å²) in [5.74, 6) is -0.198. The van der Waals surface area contributed by atoms with Crippen molar-refractivity contribution in [3.05, 3.63) is 29.3 Å². The fourth-order valence-corrected chi connectivity index (χ4v) is 2.40. The molecule has 0 fully saturated rings. The standard InChI is InChI=1S/C13H15NO2S/c1-9(2)13(15)16-7-6-10-4-3-5-11-12(10)17-8-14-11/h3-5,8-9H,6-7H2,1-2H3. The Balaban J connectivity index is 1.99. The van der Waals surface area contributed by atoms with Crippen LogP contribution in [-0.4, -0.2) is 17.6 Å². The maximum absolute atomic E-state index is 11.3. The van der Waals surface area contributed by atoms with Gasteiger partial charge in [0.1, 0.15) is 0 Å². The van der Waals surface area contributed by atoms with E-state index >= 15 is 0 Å². The molecule has 1 heterocycles. The summed E-state index contributed by atoms with van der Waals surface area (Å²) in [6.45, 7) is 4.12. The number of rotatable bonds is 4. The van der Waals surface area contributed by atoms with Gasteiger partial charge in [-0.3, -0.25) is 4.79 Å². The Morgan fingerprint density at radius 3 is 3.06 bits per heavy atom. The Bertz CT molecular complexity index is 519. The normalized spacial score (nSPS) is 11.0. The number of fused-ring (bicyclic) bond motifs is 1. The number of hydrogen-bond donors (Lipinski definition) is 0. The number of ether oxygens (including phenoxy) is 1. The van der Waals surface area contributed by atoms with E-state index < -0.39 is 0 Å². The smallest absolute Gasteiger partial charge is 0.308 e. The molecule has 3 nitrogen and oxygen atoms in total. The Kier molecular flexibility index (Phi) is 3.74. The van der Waals surface area contributed by atoms with Crippen molar-refractivity contribution < 1.29 is 9.53 Å². The third-order valence-electron chi connectivity index (χ3n) is 2.53. The van der Waals surface area contributed by atoms with Gasteiger partial charge >= 0.3 is 5.97 Å². The first-order valence-corrected chi connectivity index (χ1v) is 6.54. The zero-order valence-electron chi connectivity index (χ0n) is 9.97. The monoisotopic (exact) mass is 249 g/mol. The summed E-state index contributed by atoms with van der Waals surface area (Å²) in [4.78, 5) is 15.6. The number of thiazole rings is 1. The van der Waals surface area contributed by atoms with Crippen LogP contribution < -0.4 is 0 Å². The van der Waals surface area contributed by atoms with Gasteiger partial charge in [-0.2, -0.15) is 0 Å². The molecule has 0 spiro atoms. The molecule has 0 aliphatic rings. The molecule has 0 amide bonds. The van der Waals surface area contributed by atoms with E-state index in [1.54, 1.807) is 11.3 Å². The number of esters is 1. The molecule has 4 heteroatoms. The molecule has 0 bridgehead atoms. The summed E-state index contributed by atoms with van der Waals surface area (Å²) < 4.78 is 6.37. The van der Waals surface area contributed by atoms with Gasteiger partial charge in [-0.1, -0.05) is 26.0 Å². The molecule has 0 saturated carbocycles. The van der Waals surface area contributed by atoms with Gasteiger partial charge in [0.2, 0.25) is 0 Å². The quantitative estimate of drug-likeness (QED) is 0.782. The van der Waals surface area contributed by atoms with Crippen molar-refractivity contribution in [1.82, 2.24) is 4.98 Å². The van der Waals surface area contributed by atoms with Crippen LogP contribution in [0.2, 0.25) is 0 Å². The summed E-state index contributed by atoms with van der Waals surface area (Å²) in [7, 11) is 0. The van der Waals surface area contributed by atoms with E-state index in [0.29, 0.717) is 6.61 Å². The summed E-state index contributed by atoms with van der Waals surface area (Å²) >= 11 is 1.63. The number of benzene rings is 1. The van der Waals surface area contributed by atoms with Gasteiger partial charge in [-0.05, 0) is 11.6 Å². The number of hydrogen-bond acceptors (Lipinski definition) is 4. The van der Waals surface area contributed by atoms with E-state index in [1.165, 1.54) is 10.3 Å². The van der Waals surface area contributed by atoms with Gasteiger partial charge in [0, 0.05) is 6.42 Å². The van der Waals surface area contributed by atoms with E-state index in [0.717, 1.165) is 11.9 Å². The zero-order chi connectivity index (χ0) is 12.3. The van der Waals surface area contributed by atoms with Crippen molar-refractivity contribution in [1.29, 1.82) is 0 Å². The van der Waals surface area contributed by atoms with Crippen molar-refractivity contribution >= 4 is 27.5 Å². The second-order valence-electron chi connectivity index (χ2n) is 4.19. The van der Waals surface area contributed by atoms with Crippen molar-refractivity contribution in [2.75, 3.05) is 6.61 Å². The molecule has 2 aromatic rings. The first-order valence-electron chi connectivity index (χ1n) is 5.66. The van der Waals surface area contributed by atoms with E-state index in [2.05, 4.69) is 11.1 Å². The number of carbonyl (C=O) groups is 1.